The summed E-state index contributed by atoms with van der Waals surface area (Å²) in [5.41, 5.74) is 5.63. The number of nitrogens with one attached hydrogen (secondary N) is 2. The van der Waals surface area contributed by atoms with Gasteiger partial charge in [0.05, 0.1) is 12.2 Å². The van der Waals surface area contributed by atoms with Crippen LogP contribution in [0.25, 0.3) is 6.08 Å². The molecule has 0 aliphatic heterocycles. The number of amides is 2. The molecule has 7 nitrogen and oxygen atoms in total. The second kappa shape index (κ2) is 10.3. The number of hydrogen-bond donors (Lipinski definition) is 2. The number of nitrogens with zero attached hydrogens (tertiary/aromatic N) is 1. The zero-order valence-electron chi connectivity index (χ0n) is 14.8. The van der Waals surface area contributed by atoms with Crippen molar-refractivity contribution in [2.24, 2.45) is 0 Å². The molecule has 138 valence electrons. The first-order valence-electron chi connectivity index (χ1n) is 8.24. The van der Waals surface area contributed by atoms with Crippen molar-refractivity contribution in [1.29, 1.82) is 5.26 Å². The smallest absolute Gasteiger partial charge is 0.276 e. The molecule has 0 radical (unpaired) electrons. The number of ether oxygens (including phenoxy) is 2. The Labute approximate surface area is 157 Å². The molecular weight excluding hydrogens is 346 g/mol. The van der Waals surface area contributed by atoms with E-state index in [4.69, 9.17) is 14.7 Å². The van der Waals surface area contributed by atoms with E-state index in [-0.39, 0.29) is 6.61 Å². The predicted octanol–water partition coefficient (Wildman–Crippen LogP) is 2.20. The van der Waals surface area contributed by atoms with Gasteiger partial charge in [0.25, 0.3) is 11.8 Å². The molecule has 0 aliphatic rings. The number of hydrazine groups is 1. The topological polar surface area (TPSA) is 100 Å². The standard InChI is InChI=1S/C20H19N3O4/c1-2-26-17-10-7-15(8-11-17)9-12-19(24)22-23-20(25)14-27-18-6-4-3-5-16(18)13-21/h3-12H,2,14H2,1H3,(H,22,24)(H,23,25)/b12-9+. The lowest BCUT2D eigenvalue weighted by Gasteiger charge is -2.08. The molecule has 0 fully saturated rings. The first-order chi connectivity index (χ1) is 13.1. The zero-order valence-corrected chi connectivity index (χ0v) is 14.8. The lowest BCUT2D eigenvalue weighted by Crippen LogP contribution is -2.43. The molecule has 0 atom stereocenters. The Bertz CT molecular complexity index is 854. The van der Waals surface area contributed by atoms with E-state index in [1.54, 1.807) is 42.5 Å². The summed E-state index contributed by atoms with van der Waals surface area (Å²) in [7, 11) is 0. The minimum absolute atomic E-state index is 0.303. The van der Waals surface area contributed by atoms with Gasteiger partial charge in [-0.1, -0.05) is 24.3 Å². The van der Waals surface area contributed by atoms with Gasteiger partial charge in [0.15, 0.2) is 6.61 Å². The number of para-hydroxylation sites is 1. The van der Waals surface area contributed by atoms with Gasteiger partial charge in [0, 0.05) is 6.08 Å². The summed E-state index contributed by atoms with van der Waals surface area (Å²) in [5, 5.41) is 8.95. The van der Waals surface area contributed by atoms with E-state index in [9.17, 15) is 9.59 Å². The number of carbonyl (C=O) groups excluding carboxylic acids is 2. The fourth-order valence-corrected chi connectivity index (χ4v) is 2.05. The van der Waals surface area contributed by atoms with E-state index in [0.29, 0.717) is 17.9 Å². The van der Waals surface area contributed by atoms with E-state index >= 15 is 0 Å². The summed E-state index contributed by atoms with van der Waals surface area (Å²) in [6, 6.07) is 15.8. The van der Waals surface area contributed by atoms with Crippen LogP contribution >= 0.6 is 0 Å². The zero-order chi connectivity index (χ0) is 19.5. The number of nitriles is 1. The quantitative estimate of drug-likeness (QED) is 0.579. The van der Waals surface area contributed by atoms with Gasteiger partial charge in [0.1, 0.15) is 17.6 Å². The van der Waals surface area contributed by atoms with Gasteiger partial charge in [-0.25, -0.2) is 0 Å². The van der Waals surface area contributed by atoms with E-state index in [1.807, 2.05) is 25.1 Å². The molecule has 2 aromatic carbocycles. The fraction of sp³-hybridized carbons (Fsp3) is 0.150. The SMILES string of the molecule is CCOc1ccc(/C=C/C(=O)NNC(=O)COc2ccccc2C#N)cc1. The highest BCUT2D eigenvalue weighted by molar-refractivity contribution is 5.93. The molecule has 0 heterocycles. The highest BCUT2D eigenvalue weighted by atomic mass is 16.5. The van der Waals surface area contributed by atoms with Crippen LogP contribution in [0.4, 0.5) is 0 Å². The largest absolute Gasteiger partial charge is 0.494 e. The summed E-state index contributed by atoms with van der Waals surface area (Å²) < 4.78 is 10.6. The molecule has 2 N–H and O–H groups in total. The van der Waals surface area contributed by atoms with Crippen LogP contribution in [0.15, 0.2) is 54.6 Å². The third-order valence-corrected chi connectivity index (χ3v) is 3.31. The van der Waals surface area contributed by atoms with Crippen LogP contribution in [-0.2, 0) is 9.59 Å². The van der Waals surface area contributed by atoms with Gasteiger partial charge in [-0.05, 0) is 42.8 Å². The van der Waals surface area contributed by atoms with Crippen molar-refractivity contribution in [1.82, 2.24) is 10.9 Å². The first kappa shape index (κ1) is 19.5. The number of rotatable bonds is 7. The summed E-state index contributed by atoms with van der Waals surface area (Å²) in [5.74, 6) is 0.0152. The predicted molar refractivity (Wildman–Crippen MR) is 99.6 cm³/mol. The normalized spacial score (nSPS) is 10.1. The molecule has 2 rings (SSSR count). The maximum absolute atomic E-state index is 11.7. The Morgan fingerprint density at radius 2 is 1.81 bits per heavy atom. The molecule has 0 unspecified atom stereocenters. The number of hydrogen-bond acceptors (Lipinski definition) is 5. The Kier molecular flexibility index (Phi) is 7.42. The Morgan fingerprint density at radius 3 is 2.52 bits per heavy atom. The molecule has 0 bridgehead atoms. The van der Waals surface area contributed by atoms with Crippen molar-refractivity contribution in [3.8, 4) is 17.6 Å². The van der Waals surface area contributed by atoms with Crippen molar-refractivity contribution in [2.45, 2.75) is 6.92 Å². The second-order valence-corrected chi connectivity index (χ2v) is 5.27. The Hall–Kier alpha value is -3.79. The average molecular weight is 365 g/mol. The summed E-state index contributed by atoms with van der Waals surface area (Å²) in [6.07, 6.45) is 2.90. The van der Waals surface area contributed by atoms with Crippen LogP contribution in [0.2, 0.25) is 0 Å². The van der Waals surface area contributed by atoms with Gasteiger partial charge in [-0.3, -0.25) is 20.4 Å². The van der Waals surface area contributed by atoms with Gasteiger partial charge >= 0.3 is 0 Å². The minimum Gasteiger partial charge on any atom is -0.494 e. The Balaban J connectivity index is 1.76. The van der Waals surface area contributed by atoms with Gasteiger partial charge < -0.3 is 9.47 Å². The minimum atomic E-state index is -0.550. The van der Waals surface area contributed by atoms with Crippen molar-refractivity contribution in [2.75, 3.05) is 13.2 Å². The number of carbonyl (C=O) groups is 2. The summed E-state index contributed by atoms with van der Waals surface area (Å²) in [4.78, 5) is 23.5. The van der Waals surface area contributed by atoms with Crippen LogP contribution in [0.5, 0.6) is 11.5 Å². The molecule has 0 saturated heterocycles. The molecule has 0 aliphatic carbocycles. The third kappa shape index (κ3) is 6.55. The van der Waals surface area contributed by atoms with Crippen molar-refractivity contribution in [3.63, 3.8) is 0 Å². The molecule has 0 aromatic heterocycles. The molecular formula is C20H19N3O4. The monoisotopic (exact) mass is 365 g/mol. The van der Waals surface area contributed by atoms with Crippen LogP contribution in [0.3, 0.4) is 0 Å². The first-order valence-corrected chi connectivity index (χ1v) is 8.24. The van der Waals surface area contributed by atoms with E-state index in [2.05, 4.69) is 10.9 Å². The fourth-order valence-electron chi connectivity index (χ4n) is 2.05. The lowest BCUT2D eigenvalue weighted by molar-refractivity contribution is -0.128. The maximum atomic E-state index is 11.7. The maximum Gasteiger partial charge on any atom is 0.276 e. The molecule has 2 aromatic rings. The average Bonchev–Trinajstić information content (AvgIpc) is 2.70. The summed E-state index contributed by atoms with van der Waals surface area (Å²) >= 11 is 0. The van der Waals surface area contributed by atoms with Crippen LogP contribution in [0, 0.1) is 11.3 Å². The molecule has 0 saturated carbocycles. The second-order valence-electron chi connectivity index (χ2n) is 5.27. The van der Waals surface area contributed by atoms with Crippen molar-refractivity contribution >= 4 is 17.9 Å². The van der Waals surface area contributed by atoms with Gasteiger partial charge in [0.2, 0.25) is 0 Å². The lowest BCUT2D eigenvalue weighted by atomic mass is 10.2. The van der Waals surface area contributed by atoms with Gasteiger partial charge in [-0.15, -0.1) is 0 Å². The van der Waals surface area contributed by atoms with E-state index in [0.717, 1.165) is 11.3 Å². The van der Waals surface area contributed by atoms with Crippen molar-refractivity contribution in [3.05, 3.63) is 65.7 Å². The van der Waals surface area contributed by atoms with Crippen LogP contribution in [-0.4, -0.2) is 25.0 Å². The molecule has 2 amide bonds. The molecule has 7 heteroatoms. The highest BCUT2D eigenvalue weighted by Gasteiger charge is 2.06. The molecule has 27 heavy (non-hydrogen) atoms. The van der Waals surface area contributed by atoms with E-state index < -0.39 is 11.8 Å². The molecule has 0 spiro atoms. The summed E-state index contributed by atoms with van der Waals surface area (Å²) in [6.45, 7) is 2.16. The van der Waals surface area contributed by atoms with Crippen molar-refractivity contribution < 1.29 is 19.1 Å². The van der Waals surface area contributed by atoms with Crippen LogP contribution in [0.1, 0.15) is 18.1 Å². The highest BCUT2D eigenvalue weighted by Crippen LogP contribution is 2.16. The third-order valence-electron chi connectivity index (χ3n) is 3.31. The Morgan fingerprint density at radius 1 is 1.07 bits per heavy atom. The number of benzene rings is 2. The van der Waals surface area contributed by atoms with Gasteiger partial charge in [-0.2, -0.15) is 5.26 Å². The van der Waals surface area contributed by atoms with Crippen LogP contribution < -0.4 is 20.3 Å². The van der Waals surface area contributed by atoms with E-state index in [1.165, 1.54) is 6.08 Å².